The number of carbonyl (C=O) groups is 3. The van der Waals surface area contributed by atoms with E-state index in [9.17, 15) is 27.6 Å². The fraction of sp³-hybridized carbons (Fsp3) is 0.207. The van der Waals surface area contributed by atoms with Crippen molar-refractivity contribution in [2.24, 2.45) is 0 Å². The number of thioether (sulfide) groups is 1. The van der Waals surface area contributed by atoms with Crippen LogP contribution >= 0.6 is 23.4 Å². The minimum atomic E-state index is -4.58. The first-order chi connectivity index (χ1) is 20.0. The maximum absolute atomic E-state index is 13.6. The monoisotopic (exact) mass is 614 g/mol. The molecular formula is C29H22ClF3N4O4S. The van der Waals surface area contributed by atoms with Gasteiger partial charge in [0.05, 0.1) is 35.3 Å². The molecule has 1 aliphatic rings. The number of aromatic nitrogens is 3. The number of amides is 2. The molecule has 3 heterocycles. The molecule has 0 spiro atoms. The van der Waals surface area contributed by atoms with E-state index in [1.807, 2.05) is 0 Å². The van der Waals surface area contributed by atoms with Crippen molar-refractivity contribution < 1.29 is 32.3 Å². The zero-order chi connectivity index (χ0) is 30.0. The van der Waals surface area contributed by atoms with Gasteiger partial charge >= 0.3 is 12.1 Å². The van der Waals surface area contributed by atoms with Crippen LogP contribution in [0.2, 0.25) is 5.02 Å². The summed E-state index contributed by atoms with van der Waals surface area (Å²) in [5, 5.41) is 4.24. The molecule has 4 aromatic rings. The molecule has 8 nitrogen and oxygen atoms in total. The summed E-state index contributed by atoms with van der Waals surface area (Å²) >= 11 is 6.50. The van der Waals surface area contributed by atoms with Crippen molar-refractivity contribution in [3.63, 3.8) is 0 Å². The number of esters is 1. The van der Waals surface area contributed by atoms with Crippen molar-refractivity contribution >= 4 is 57.5 Å². The molecule has 2 aromatic carbocycles. The highest BCUT2D eigenvalue weighted by molar-refractivity contribution is 8.18. The molecule has 5 rings (SSSR count). The molecule has 13 heteroatoms. The average molecular weight is 615 g/mol. The minimum absolute atomic E-state index is 0.000189. The number of hydrogen-bond acceptors (Lipinski definition) is 7. The molecule has 0 radical (unpaired) electrons. The van der Waals surface area contributed by atoms with Gasteiger partial charge in [0.1, 0.15) is 6.04 Å². The number of pyridine rings is 1. The summed E-state index contributed by atoms with van der Waals surface area (Å²) in [7, 11) is 0. The Labute approximate surface area is 247 Å². The molecule has 0 aliphatic carbocycles. The summed E-state index contributed by atoms with van der Waals surface area (Å²) in [6.07, 6.45) is -0.00582. The van der Waals surface area contributed by atoms with Crippen LogP contribution in [0.5, 0.6) is 0 Å². The van der Waals surface area contributed by atoms with Gasteiger partial charge in [0.2, 0.25) is 0 Å². The Hall–Kier alpha value is -4.16. The second-order valence-electron chi connectivity index (χ2n) is 9.26. The second kappa shape index (κ2) is 12.0. The van der Waals surface area contributed by atoms with Crippen LogP contribution in [0.25, 0.3) is 17.0 Å². The Bertz CT molecular complexity index is 1710. The molecule has 1 fully saturated rings. The summed E-state index contributed by atoms with van der Waals surface area (Å²) in [6, 6.07) is 12.6. The summed E-state index contributed by atoms with van der Waals surface area (Å²) < 4.78 is 47.3. The molecule has 0 saturated carbocycles. The van der Waals surface area contributed by atoms with E-state index in [2.05, 4.69) is 10.1 Å². The number of fused-ring (bicyclic) bond motifs is 1. The second-order valence-corrected chi connectivity index (χ2v) is 10.7. The van der Waals surface area contributed by atoms with Crippen LogP contribution in [0.4, 0.5) is 18.0 Å². The Balaban J connectivity index is 1.40. The van der Waals surface area contributed by atoms with E-state index in [4.69, 9.17) is 16.3 Å². The first-order valence-corrected chi connectivity index (χ1v) is 13.9. The number of halogens is 4. The first kappa shape index (κ1) is 29.3. The molecule has 2 amide bonds. The fourth-order valence-electron chi connectivity index (χ4n) is 4.57. The third-order valence-corrected chi connectivity index (χ3v) is 7.60. The van der Waals surface area contributed by atoms with Gasteiger partial charge in [-0.15, -0.1) is 0 Å². The van der Waals surface area contributed by atoms with Crippen LogP contribution in [0.3, 0.4) is 0 Å². The molecule has 216 valence electrons. The molecule has 2 aromatic heterocycles. The van der Waals surface area contributed by atoms with Gasteiger partial charge in [-0.3, -0.25) is 24.2 Å². The Morgan fingerprint density at radius 1 is 1.14 bits per heavy atom. The van der Waals surface area contributed by atoms with Crippen molar-refractivity contribution in [2.75, 3.05) is 6.61 Å². The van der Waals surface area contributed by atoms with Gasteiger partial charge in [-0.25, -0.2) is 4.79 Å². The SMILES string of the molecule is CCOC(=O)C(Cc1ccccn1)N1C(=O)SC(=Cc2ccc3c(cnn3Cc3ccc(Cl)cc3C(F)(F)F)c2)C1=O. The van der Waals surface area contributed by atoms with Crippen LogP contribution in [0, 0.1) is 0 Å². The van der Waals surface area contributed by atoms with Gasteiger partial charge in [-0.05, 0) is 72.3 Å². The summed E-state index contributed by atoms with van der Waals surface area (Å²) in [5.41, 5.74) is 0.821. The van der Waals surface area contributed by atoms with Crippen LogP contribution in [-0.4, -0.2) is 49.4 Å². The van der Waals surface area contributed by atoms with E-state index < -0.39 is 34.9 Å². The van der Waals surface area contributed by atoms with E-state index in [1.165, 1.54) is 29.1 Å². The third kappa shape index (κ3) is 6.19. The summed E-state index contributed by atoms with van der Waals surface area (Å²) in [4.78, 5) is 44.2. The number of carbonyl (C=O) groups excluding carboxylic acids is 3. The van der Waals surface area contributed by atoms with E-state index in [-0.39, 0.29) is 35.1 Å². The lowest BCUT2D eigenvalue weighted by atomic mass is 10.1. The Morgan fingerprint density at radius 2 is 1.95 bits per heavy atom. The van der Waals surface area contributed by atoms with Crippen molar-refractivity contribution in [1.29, 1.82) is 0 Å². The minimum Gasteiger partial charge on any atom is -0.464 e. The first-order valence-electron chi connectivity index (χ1n) is 12.7. The van der Waals surface area contributed by atoms with Gasteiger partial charge < -0.3 is 4.74 Å². The van der Waals surface area contributed by atoms with E-state index in [0.29, 0.717) is 33.9 Å². The topological polar surface area (TPSA) is 94.4 Å². The molecule has 0 N–H and O–H groups in total. The lowest BCUT2D eigenvalue weighted by molar-refractivity contribution is -0.151. The maximum atomic E-state index is 13.6. The predicted molar refractivity (Wildman–Crippen MR) is 151 cm³/mol. The predicted octanol–water partition coefficient (Wildman–Crippen LogP) is 6.36. The number of hydrogen-bond donors (Lipinski definition) is 0. The number of rotatable bonds is 8. The molecule has 42 heavy (non-hydrogen) atoms. The highest BCUT2D eigenvalue weighted by Gasteiger charge is 2.43. The normalized spacial score (nSPS) is 15.5. The van der Waals surface area contributed by atoms with Gasteiger partial charge in [0.25, 0.3) is 11.1 Å². The Morgan fingerprint density at radius 3 is 2.67 bits per heavy atom. The van der Waals surface area contributed by atoms with Gasteiger partial charge in [-0.2, -0.15) is 18.3 Å². The number of alkyl halides is 3. The number of imide groups is 1. The molecule has 1 unspecified atom stereocenters. The van der Waals surface area contributed by atoms with Crippen LogP contribution in [-0.2, 0) is 33.5 Å². The molecular weight excluding hydrogens is 593 g/mol. The van der Waals surface area contributed by atoms with Crippen molar-refractivity contribution in [3.8, 4) is 0 Å². The zero-order valence-electron chi connectivity index (χ0n) is 22.0. The van der Waals surface area contributed by atoms with E-state index >= 15 is 0 Å². The van der Waals surface area contributed by atoms with E-state index in [0.717, 1.165) is 11.0 Å². The summed E-state index contributed by atoms with van der Waals surface area (Å²) in [5.74, 6) is -1.35. The van der Waals surface area contributed by atoms with Gasteiger partial charge in [0.15, 0.2) is 0 Å². The third-order valence-electron chi connectivity index (χ3n) is 6.48. The van der Waals surface area contributed by atoms with Crippen molar-refractivity contribution in [1.82, 2.24) is 19.7 Å². The molecule has 1 saturated heterocycles. The largest absolute Gasteiger partial charge is 0.464 e. The number of ether oxygens (including phenoxy) is 1. The highest BCUT2D eigenvalue weighted by Crippen LogP contribution is 2.36. The standard InChI is InChI=1S/C29H22ClF3N4O4S/c1-2-41-27(39)24(14-21-5-3-4-10-34-21)37-26(38)25(42-28(37)40)12-17-6-9-23-19(11-17)15-35-36(23)16-18-7-8-20(30)13-22(18)29(31,32)33/h3-13,15,24H,2,14,16H2,1H3. The highest BCUT2D eigenvalue weighted by atomic mass is 35.5. The van der Waals surface area contributed by atoms with Gasteiger partial charge in [0, 0.05) is 28.7 Å². The van der Waals surface area contributed by atoms with Crippen LogP contribution < -0.4 is 0 Å². The zero-order valence-corrected chi connectivity index (χ0v) is 23.5. The number of benzene rings is 2. The Kier molecular flexibility index (Phi) is 8.37. The summed E-state index contributed by atoms with van der Waals surface area (Å²) in [6.45, 7) is 1.57. The number of nitrogens with zero attached hydrogens (tertiary/aromatic N) is 4. The average Bonchev–Trinajstić information content (AvgIpc) is 3.47. The van der Waals surface area contributed by atoms with Crippen molar-refractivity contribution in [2.45, 2.75) is 32.1 Å². The van der Waals surface area contributed by atoms with E-state index in [1.54, 1.807) is 49.5 Å². The van der Waals surface area contributed by atoms with Crippen LogP contribution in [0.1, 0.15) is 29.3 Å². The van der Waals surface area contributed by atoms with Crippen molar-refractivity contribution in [3.05, 3.63) is 99.3 Å². The quantitative estimate of drug-likeness (QED) is 0.168. The van der Waals surface area contributed by atoms with Crippen LogP contribution in [0.15, 0.2) is 71.9 Å². The lowest BCUT2D eigenvalue weighted by Crippen LogP contribution is -2.46. The lowest BCUT2D eigenvalue weighted by Gasteiger charge is -2.23. The molecule has 1 aliphatic heterocycles. The molecule has 0 bridgehead atoms. The van der Waals surface area contributed by atoms with Gasteiger partial charge in [-0.1, -0.05) is 29.8 Å². The molecule has 1 atom stereocenters. The smallest absolute Gasteiger partial charge is 0.416 e. The maximum Gasteiger partial charge on any atom is 0.416 e. The fourth-order valence-corrected chi connectivity index (χ4v) is 5.62.